The summed E-state index contributed by atoms with van der Waals surface area (Å²) in [4.78, 5) is 3.17. The Labute approximate surface area is 196 Å². The van der Waals surface area contributed by atoms with Crippen molar-refractivity contribution in [2.45, 2.75) is 19.6 Å². The summed E-state index contributed by atoms with van der Waals surface area (Å²) in [5.41, 5.74) is 5.01. The van der Waals surface area contributed by atoms with Gasteiger partial charge in [0.05, 0.1) is 4.47 Å². The van der Waals surface area contributed by atoms with Crippen LogP contribution in [0.4, 0.5) is 0 Å². The molecule has 154 valence electrons. The summed E-state index contributed by atoms with van der Waals surface area (Å²) in [5, 5.41) is 2.45. The quantitative estimate of drug-likeness (QED) is 0.290. The van der Waals surface area contributed by atoms with Crippen LogP contribution in [-0.2, 0) is 19.6 Å². The highest BCUT2D eigenvalue weighted by molar-refractivity contribution is 9.10. The van der Waals surface area contributed by atoms with E-state index in [0.29, 0.717) is 6.61 Å². The predicted octanol–water partition coefficient (Wildman–Crippen LogP) is 6.92. The molecule has 0 amide bonds. The van der Waals surface area contributed by atoms with Gasteiger partial charge < -0.3 is 9.64 Å². The fraction of sp³-hybridized carbons (Fsp3) is 0.148. The smallest absolute Gasteiger partial charge is 0.134 e. The Hall–Kier alpha value is -2.69. The fourth-order valence-electron chi connectivity index (χ4n) is 4.18. The van der Waals surface area contributed by atoms with Gasteiger partial charge >= 0.3 is 0 Å². The van der Waals surface area contributed by atoms with Crippen molar-refractivity contribution in [2.75, 3.05) is 6.54 Å². The van der Waals surface area contributed by atoms with E-state index in [1.165, 1.54) is 27.5 Å². The minimum Gasteiger partial charge on any atom is -0.488 e. The molecule has 0 unspecified atom stereocenters. The Morgan fingerprint density at radius 1 is 0.903 bits per heavy atom. The Bertz CT molecular complexity index is 1260. The number of thiocarbonyl (C=S) groups is 1. The van der Waals surface area contributed by atoms with Gasteiger partial charge in [0.2, 0.25) is 0 Å². The third-order valence-corrected chi connectivity index (χ3v) is 6.97. The van der Waals surface area contributed by atoms with Gasteiger partial charge in [-0.05, 0) is 68.0 Å². The molecule has 1 heterocycles. The summed E-state index contributed by atoms with van der Waals surface area (Å²) in [6.07, 6.45) is 1.03. The Morgan fingerprint density at radius 3 is 2.55 bits per heavy atom. The molecule has 5 rings (SSSR count). The summed E-state index contributed by atoms with van der Waals surface area (Å²) in [7, 11) is 0. The van der Waals surface area contributed by atoms with Crippen LogP contribution in [0.1, 0.15) is 22.3 Å². The van der Waals surface area contributed by atoms with Crippen molar-refractivity contribution in [2.24, 2.45) is 0 Å². The molecule has 31 heavy (non-hydrogen) atoms. The third kappa shape index (κ3) is 4.23. The third-order valence-electron chi connectivity index (χ3n) is 5.86. The zero-order valence-electron chi connectivity index (χ0n) is 17.1. The summed E-state index contributed by atoms with van der Waals surface area (Å²) in [6.45, 7) is 2.34. The van der Waals surface area contributed by atoms with Crippen LogP contribution in [0.25, 0.3) is 10.8 Å². The van der Waals surface area contributed by atoms with Gasteiger partial charge in [0.15, 0.2) is 0 Å². The van der Waals surface area contributed by atoms with Gasteiger partial charge in [-0.2, -0.15) is 0 Å². The van der Waals surface area contributed by atoms with Crippen molar-refractivity contribution in [3.05, 3.63) is 112 Å². The van der Waals surface area contributed by atoms with Crippen LogP contribution in [-0.4, -0.2) is 16.4 Å². The number of rotatable bonds is 4. The van der Waals surface area contributed by atoms with Crippen LogP contribution in [0, 0.1) is 0 Å². The van der Waals surface area contributed by atoms with Crippen LogP contribution in [0.3, 0.4) is 0 Å². The highest BCUT2D eigenvalue weighted by Crippen LogP contribution is 2.29. The molecule has 2 nitrogen and oxygen atoms in total. The first kappa shape index (κ1) is 20.2. The van der Waals surface area contributed by atoms with Crippen molar-refractivity contribution in [1.29, 1.82) is 0 Å². The van der Waals surface area contributed by atoms with E-state index < -0.39 is 0 Å². The molecular formula is C27H22BrNOS. The minimum atomic E-state index is 0.520. The summed E-state index contributed by atoms with van der Waals surface area (Å²) < 4.78 is 7.08. The summed E-state index contributed by atoms with van der Waals surface area (Å²) in [6, 6.07) is 29.5. The number of nitrogens with zero attached hydrogens (tertiary/aromatic N) is 1. The highest BCUT2D eigenvalue weighted by atomic mass is 79.9. The van der Waals surface area contributed by atoms with Gasteiger partial charge in [-0.3, -0.25) is 0 Å². The highest BCUT2D eigenvalue weighted by Gasteiger charge is 2.19. The lowest BCUT2D eigenvalue weighted by Gasteiger charge is -2.31. The van der Waals surface area contributed by atoms with Crippen LogP contribution in [0.2, 0.25) is 0 Å². The van der Waals surface area contributed by atoms with Crippen molar-refractivity contribution in [1.82, 2.24) is 4.90 Å². The molecule has 0 fully saturated rings. The summed E-state index contributed by atoms with van der Waals surface area (Å²) in [5.74, 6) is 0.823. The van der Waals surface area contributed by atoms with Gasteiger partial charge in [-0.1, -0.05) is 78.9 Å². The zero-order chi connectivity index (χ0) is 21.2. The van der Waals surface area contributed by atoms with E-state index in [4.69, 9.17) is 17.0 Å². The molecule has 1 aliphatic rings. The second-order valence-electron chi connectivity index (χ2n) is 7.82. The van der Waals surface area contributed by atoms with Gasteiger partial charge in [0.1, 0.15) is 17.3 Å². The first-order valence-corrected chi connectivity index (χ1v) is 11.6. The molecule has 0 aromatic heterocycles. The van der Waals surface area contributed by atoms with Crippen LogP contribution < -0.4 is 4.74 Å². The van der Waals surface area contributed by atoms with E-state index in [0.717, 1.165) is 40.3 Å². The van der Waals surface area contributed by atoms with Gasteiger partial charge in [0, 0.05) is 18.7 Å². The molecule has 0 N–H and O–H groups in total. The second-order valence-corrected chi connectivity index (χ2v) is 9.06. The molecule has 4 heteroatoms. The number of hydrogen-bond donors (Lipinski definition) is 0. The van der Waals surface area contributed by atoms with E-state index in [-0.39, 0.29) is 0 Å². The molecule has 4 aromatic rings. The van der Waals surface area contributed by atoms with E-state index in [1.807, 2.05) is 6.07 Å². The molecule has 4 aromatic carbocycles. The van der Waals surface area contributed by atoms with Crippen molar-refractivity contribution in [3.8, 4) is 5.75 Å². The van der Waals surface area contributed by atoms with Gasteiger partial charge in [0.25, 0.3) is 0 Å². The number of ether oxygens (including phenoxy) is 1. The fourth-order valence-corrected chi connectivity index (χ4v) is 4.95. The first-order chi connectivity index (χ1) is 15.2. The molecule has 0 aliphatic carbocycles. The number of hydrogen-bond acceptors (Lipinski definition) is 2. The Balaban J connectivity index is 1.30. The van der Waals surface area contributed by atoms with E-state index in [2.05, 4.69) is 99.7 Å². The molecule has 0 bridgehead atoms. The molecule has 0 spiro atoms. The molecule has 0 saturated heterocycles. The lowest BCUT2D eigenvalue weighted by Crippen LogP contribution is -2.35. The Kier molecular flexibility index (Phi) is 5.75. The first-order valence-electron chi connectivity index (χ1n) is 10.4. The van der Waals surface area contributed by atoms with Crippen LogP contribution >= 0.6 is 28.1 Å². The van der Waals surface area contributed by atoms with Crippen molar-refractivity contribution in [3.63, 3.8) is 0 Å². The minimum absolute atomic E-state index is 0.520. The molecular weight excluding hydrogens is 466 g/mol. The van der Waals surface area contributed by atoms with Crippen molar-refractivity contribution >= 4 is 43.9 Å². The zero-order valence-corrected chi connectivity index (χ0v) is 19.5. The SMILES string of the molecule is S=C(c1ccc(OCc2cccc3ccccc23)c(Br)c1)N1CCc2ccccc2C1. The molecule has 0 radical (unpaired) electrons. The maximum atomic E-state index is 6.15. The van der Waals surface area contributed by atoms with Crippen LogP contribution in [0.15, 0.2) is 89.4 Å². The lowest BCUT2D eigenvalue weighted by molar-refractivity contribution is 0.305. The van der Waals surface area contributed by atoms with E-state index in [1.54, 1.807) is 0 Å². The summed E-state index contributed by atoms with van der Waals surface area (Å²) >= 11 is 9.52. The van der Waals surface area contributed by atoms with E-state index >= 15 is 0 Å². The Morgan fingerprint density at radius 2 is 1.68 bits per heavy atom. The van der Waals surface area contributed by atoms with Crippen molar-refractivity contribution < 1.29 is 4.74 Å². The average molecular weight is 488 g/mol. The topological polar surface area (TPSA) is 12.5 Å². The normalized spacial score (nSPS) is 13.1. The second kappa shape index (κ2) is 8.81. The monoisotopic (exact) mass is 487 g/mol. The number of halogens is 1. The lowest BCUT2D eigenvalue weighted by atomic mass is 9.99. The van der Waals surface area contributed by atoms with Gasteiger partial charge in [-0.15, -0.1) is 0 Å². The number of benzene rings is 4. The van der Waals surface area contributed by atoms with E-state index in [9.17, 15) is 0 Å². The maximum absolute atomic E-state index is 6.15. The largest absolute Gasteiger partial charge is 0.488 e. The number of fused-ring (bicyclic) bond motifs is 2. The molecule has 0 atom stereocenters. The standard InChI is InChI=1S/C27H22BrNOS/c28-25-16-21(27(31)29-15-14-19-6-1-2-8-22(19)17-29)12-13-26(25)30-18-23-10-5-9-20-7-3-4-11-24(20)23/h1-13,16H,14-15,17-18H2. The average Bonchev–Trinajstić information content (AvgIpc) is 2.82. The molecule has 0 saturated carbocycles. The predicted molar refractivity (Wildman–Crippen MR) is 135 cm³/mol. The molecule has 1 aliphatic heterocycles. The van der Waals surface area contributed by atoms with Crippen LogP contribution in [0.5, 0.6) is 5.75 Å². The maximum Gasteiger partial charge on any atom is 0.134 e. The van der Waals surface area contributed by atoms with Gasteiger partial charge in [-0.25, -0.2) is 0 Å².